The summed E-state index contributed by atoms with van der Waals surface area (Å²) in [6.45, 7) is 4.49. The summed E-state index contributed by atoms with van der Waals surface area (Å²) in [6, 6.07) is 7.00. The van der Waals surface area contributed by atoms with Crippen molar-refractivity contribution in [3.8, 4) is 0 Å². The van der Waals surface area contributed by atoms with Crippen molar-refractivity contribution in [1.29, 1.82) is 0 Å². The Kier molecular flexibility index (Phi) is 4.27. The molecule has 1 aromatic carbocycles. The summed E-state index contributed by atoms with van der Waals surface area (Å²) in [7, 11) is 0. The summed E-state index contributed by atoms with van der Waals surface area (Å²) in [6.07, 6.45) is 3.45. The fourth-order valence-electron chi connectivity index (χ4n) is 3.13. The van der Waals surface area contributed by atoms with Gasteiger partial charge in [-0.15, -0.1) is 0 Å². The number of piperidine rings is 1. The van der Waals surface area contributed by atoms with Crippen molar-refractivity contribution in [3.63, 3.8) is 0 Å². The quantitative estimate of drug-likeness (QED) is 0.795. The number of carbonyl (C=O) groups is 1. The van der Waals surface area contributed by atoms with Crippen molar-refractivity contribution < 1.29 is 9.18 Å². The largest absolute Gasteiger partial charge is 0.366 e. The van der Waals surface area contributed by atoms with Crippen LogP contribution >= 0.6 is 0 Å². The van der Waals surface area contributed by atoms with Gasteiger partial charge in [-0.3, -0.25) is 0 Å². The molecule has 0 radical (unpaired) electrons. The molecule has 0 atom stereocenters. The highest BCUT2D eigenvalue weighted by Gasteiger charge is 2.26. The highest BCUT2D eigenvalue weighted by atomic mass is 19.1. The van der Waals surface area contributed by atoms with E-state index in [1.54, 1.807) is 12.1 Å². The molecule has 0 unspecified atom stereocenters. The number of para-hydroxylation sites is 1. The second kappa shape index (κ2) is 6.33. The number of anilines is 1. The molecule has 0 aromatic heterocycles. The van der Waals surface area contributed by atoms with Crippen molar-refractivity contribution in [1.82, 2.24) is 9.80 Å². The highest BCUT2D eigenvalue weighted by Crippen LogP contribution is 2.21. The molecule has 114 valence electrons. The molecule has 0 saturated carbocycles. The van der Waals surface area contributed by atoms with E-state index in [-0.39, 0.29) is 11.8 Å². The van der Waals surface area contributed by atoms with Gasteiger partial charge in [0, 0.05) is 39.3 Å². The number of nitrogens with zero attached hydrogens (tertiary/aromatic N) is 3. The number of amides is 2. The number of piperazine rings is 1. The van der Waals surface area contributed by atoms with Crippen LogP contribution in [0.15, 0.2) is 24.3 Å². The number of hydrogen-bond donors (Lipinski definition) is 0. The zero-order valence-corrected chi connectivity index (χ0v) is 12.3. The highest BCUT2D eigenvalue weighted by molar-refractivity contribution is 5.75. The zero-order chi connectivity index (χ0) is 14.7. The molecule has 0 N–H and O–H groups in total. The summed E-state index contributed by atoms with van der Waals surface area (Å²) < 4.78 is 13.8. The molecule has 21 heavy (non-hydrogen) atoms. The van der Waals surface area contributed by atoms with Gasteiger partial charge in [0.05, 0.1) is 5.69 Å². The number of rotatable bonds is 1. The van der Waals surface area contributed by atoms with E-state index in [1.165, 1.54) is 12.5 Å². The van der Waals surface area contributed by atoms with Gasteiger partial charge in [-0.05, 0) is 31.4 Å². The molecule has 0 aliphatic carbocycles. The lowest BCUT2D eigenvalue weighted by Gasteiger charge is -2.39. The van der Waals surface area contributed by atoms with Crippen LogP contribution in [-0.4, -0.2) is 55.1 Å². The van der Waals surface area contributed by atoms with E-state index in [0.29, 0.717) is 31.9 Å². The fourth-order valence-corrected chi connectivity index (χ4v) is 3.13. The van der Waals surface area contributed by atoms with E-state index in [0.717, 1.165) is 25.9 Å². The monoisotopic (exact) mass is 291 g/mol. The van der Waals surface area contributed by atoms with Crippen LogP contribution in [0.2, 0.25) is 0 Å². The number of halogens is 1. The number of benzene rings is 1. The van der Waals surface area contributed by atoms with E-state index >= 15 is 0 Å². The first-order valence-corrected chi connectivity index (χ1v) is 7.79. The van der Waals surface area contributed by atoms with Crippen molar-refractivity contribution in [3.05, 3.63) is 30.1 Å². The van der Waals surface area contributed by atoms with Crippen LogP contribution in [0, 0.1) is 5.82 Å². The molecule has 2 fully saturated rings. The molecule has 1 aromatic rings. The van der Waals surface area contributed by atoms with Gasteiger partial charge in [0.2, 0.25) is 0 Å². The Hall–Kier alpha value is -1.78. The molecule has 3 rings (SSSR count). The third kappa shape index (κ3) is 3.12. The van der Waals surface area contributed by atoms with E-state index in [9.17, 15) is 9.18 Å². The lowest BCUT2D eigenvalue weighted by Crippen LogP contribution is -2.53. The Morgan fingerprint density at radius 2 is 1.48 bits per heavy atom. The Morgan fingerprint density at radius 3 is 2.14 bits per heavy atom. The number of urea groups is 1. The minimum absolute atomic E-state index is 0.155. The third-order valence-electron chi connectivity index (χ3n) is 4.37. The summed E-state index contributed by atoms with van der Waals surface area (Å²) in [5.41, 5.74) is 0.641. The Morgan fingerprint density at radius 1 is 0.857 bits per heavy atom. The van der Waals surface area contributed by atoms with E-state index < -0.39 is 0 Å². The molecular formula is C16H22FN3O. The minimum Gasteiger partial charge on any atom is -0.366 e. The average molecular weight is 291 g/mol. The summed E-state index contributed by atoms with van der Waals surface area (Å²) in [4.78, 5) is 18.3. The van der Waals surface area contributed by atoms with Gasteiger partial charge in [0.15, 0.2) is 0 Å². The zero-order valence-electron chi connectivity index (χ0n) is 12.3. The van der Waals surface area contributed by atoms with E-state index in [4.69, 9.17) is 0 Å². The molecule has 0 bridgehead atoms. The maximum Gasteiger partial charge on any atom is 0.320 e. The minimum atomic E-state index is -0.187. The van der Waals surface area contributed by atoms with Gasteiger partial charge in [-0.2, -0.15) is 0 Å². The van der Waals surface area contributed by atoms with Crippen molar-refractivity contribution >= 4 is 11.7 Å². The van der Waals surface area contributed by atoms with Crippen molar-refractivity contribution in [2.45, 2.75) is 19.3 Å². The second-order valence-electron chi connectivity index (χ2n) is 5.76. The topological polar surface area (TPSA) is 26.8 Å². The van der Waals surface area contributed by atoms with Crippen LogP contribution in [-0.2, 0) is 0 Å². The molecular weight excluding hydrogens is 269 g/mol. The lowest BCUT2D eigenvalue weighted by atomic mass is 10.1. The molecule has 4 nitrogen and oxygen atoms in total. The Labute approximate surface area is 125 Å². The standard InChI is InChI=1S/C16H22FN3O/c17-14-6-2-3-7-15(14)18-10-12-20(13-11-18)16(21)19-8-4-1-5-9-19/h2-3,6-7H,1,4-5,8-13H2. The van der Waals surface area contributed by atoms with Gasteiger partial charge < -0.3 is 14.7 Å². The number of likely N-dealkylation sites (tertiary alicyclic amines) is 1. The SMILES string of the molecule is O=C(N1CCCCC1)N1CCN(c2ccccc2F)CC1. The Bertz CT molecular complexity index is 494. The molecule has 2 aliphatic heterocycles. The Balaban J connectivity index is 1.57. The molecule has 2 heterocycles. The van der Waals surface area contributed by atoms with Gasteiger partial charge in [0.1, 0.15) is 5.82 Å². The lowest BCUT2D eigenvalue weighted by molar-refractivity contribution is 0.141. The average Bonchev–Trinajstić information content (AvgIpc) is 2.56. The van der Waals surface area contributed by atoms with Crippen LogP contribution in [0.4, 0.5) is 14.9 Å². The predicted molar refractivity (Wildman–Crippen MR) is 81.0 cm³/mol. The van der Waals surface area contributed by atoms with Crippen molar-refractivity contribution in [2.24, 2.45) is 0 Å². The van der Waals surface area contributed by atoms with Crippen LogP contribution in [0.5, 0.6) is 0 Å². The van der Waals surface area contributed by atoms with Gasteiger partial charge in [0.25, 0.3) is 0 Å². The first-order valence-electron chi connectivity index (χ1n) is 7.79. The summed E-state index contributed by atoms with van der Waals surface area (Å²) in [5, 5.41) is 0. The molecule has 2 amide bonds. The van der Waals surface area contributed by atoms with Crippen molar-refractivity contribution in [2.75, 3.05) is 44.2 Å². The van der Waals surface area contributed by atoms with Gasteiger partial charge in [-0.25, -0.2) is 9.18 Å². The fraction of sp³-hybridized carbons (Fsp3) is 0.562. The van der Waals surface area contributed by atoms with Gasteiger partial charge in [-0.1, -0.05) is 12.1 Å². The molecule has 0 spiro atoms. The van der Waals surface area contributed by atoms with Crippen LogP contribution in [0.3, 0.4) is 0 Å². The molecule has 5 heteroatoms. The normalized spacial score (nSPS) is 19.8. The maximum absolute atomic E-state index is 13.8. The maximum atomic E-state index is 13.8. The number of hydrogen-bond acceptors (Lipinski definition) is 2. The summed E-state index contributed by atoms with van der Waals surface area (Å²) in [5.74, 6) is -0.187. The predicted octanol–water partition coefficient (Wildman–Crippen LogP) is 2.55. The molecule has 2 saturated heterocycles. The second-order valence-corrected chi connectivity index (χ2v) is 5.76. The smallest absolute Gasteiger partial charge is 0.320 e. The molecule has 2 aliphatic rings. The van der Waals surface area contributed by atoms with Crippen LogP contribution in [0.25, 0.3) is 0 Å². The first-order chi connectivity index (χ1) is 10.3. The van der Waals surface area contributed by atoms with Gasteiger partial charge >= 0.3 is 6.03 Å². The van der Waals surface area contributed by atoms with Crippen LogP contribution in [0.1, 0.15) is 19.3 Å². The van der Waals surface area contributed by atoms with E-state index in [2.05, 4.69) is 0 Å². The summed E-state index contributed by atoms with van der Waals surface area (Å²) >= 11 is 0. The van der Waals surface area contributed by atoms with E-state index in [1.807, 2.05) is 20.8 Å². The first kappa shape index (κ1) is 14.2. The third-order valence-corrected chi connectivity index (χ3v) is 4.37. The van der Waals surface area contributed by atoms with Crippen LogP contribution < -0.4 is 4.90 Å². The number of carbonyl (C=O) groups excluding carboxylic acids is 1.